The van der Waals surface area contributed by atoms with Crippen LogP contribution >= 0.6 is 11.8 Å². The Hall–Kier alpha value is -2.80. The van der Waals surface area contributed by atoms with Gasteiger partial charge < -0.3 is 14.8 Å². The van der Waals surface area contributed by atoms with E-state index < -0.39 is 0 Å². The first-order chi connectivity index (χ1) is 12.9. The molecule has 0 aliphatic rings. The number of carbonyl (C=O) groups is 1. The molecule has 0 atom stereocenters. The van der Waals surface area contributed by atoms with Gasteiger partial charge in [0.1, 0.15) is 0 Å². The Morgan fingerprint density at radius 3 is 2.56 bits per heavy atom. The normalized spacial score (nSPS) is 10.7. The van der Waals surface area contributed by atoms with Crippen molar-refractivity contribution in [3.8, 4) is 11.4 Å². The average molecular weight is 382 g/mol. The second-order valence-corrected chi connectivity index (χ2v) is 7.46. The number of nitrogens with zero attached hydrogens (tertiary/aromatic N) is 4. The molecule has 7 heteroatoms. The molecule has 0 aliphatic heterocycles. The molecule has 0 fully saturated rings. The number of anilines is 2. The standard InChI is InChI=1S/C20H23N5OS/c1-14-6-5-7-15(12-14)19-22-23-20(25(19)4)27-13-18(26)21-16-8-10-17(11-9-16)24(2)3/h5-12H,13H2,1-4H3,(H,21,26). The zero-order chi connectivity index (χ0) is 19.4. The second-order valence-electron chi connectivity index (χ2n) is 6.51. The summed E-state index contributed by atoms with van der Waals surface area (Å²) in [6, 6.07) is 15.9. The van der Waals surface area contributed by atoms with E-state index in [0.29, 0.717) is 5.16 Å². The first-order valence-corrected chi connectivity index (χ1v) is 9.59. The van der Waals surface area contributed by atoms with E-state index in [9.17, 15) is 4.79 Å². The van der Waals surface area contributed by atoms with Gasteiger partial charge in [0.25, 0.3) is 0 Å². The summed E-state index contributed by atoms with van der Waals surface area (Å²) in [6.45, 7) is 2.05. The van der Waals surface area contributed by atoms with Crippen LogP contribution in [-0.2, 0) is 11.8 Å². The fraction of sp³-hybridized carbons (Fsp3) is 0.250. The highest BCUT2D eigenvalue weighted by Gasteiger charge is 2.13. The van der Waals surface area contributed by atoms with E-state index in [2.05, 4.69) is 21.6 Å². The highest BCUT2D eigenvalue weighted by atomic mass is 32.2. The molecule has 3 rings (SSSR count). The van der Waals surface area contributed by atoms with Crippen LogP contribution < -0.4 is 10.2 Å². The number of aryl methyl sites for hydroxylation is 1. The van der Waals surface area contributed by atoms with Crippen LogP contribution in [0.15, 0.2) is 53.7 Å². The molecule has 6 nitrogen and oxygen atoms in total. The Kier molecular flexibility index (Phi) is 5.81. The van der Waals surface area contributed by atoms with Crippen molar-refractivity contribution in [3.63, 3.8) is 0 Å². The molecular formula is C20H23N5OS. The number of rotatable bonds is 6. The monoisotopic (exact) mass is 381 g/mol. The van der Waals surface area contributed by atoms with Crippen LogP contribution in [0.1, 0.15) is 5.56 Å². The molecule has 0 aliphatic carbocycles. The van der Waals surface area contributed by atoms with E-state index in [-0.39, 0.29) is 11.7 Å². The minimum absolute atomic E-state index is 0.0716. The summed E-state index contributed by atoms with van der Waals surface area (Å²) in [5.41, 5.74) is 4.06. The molecule has 0 unspecified atom stereocenters. The van der Waals surface area contributed by atoms with Crippen LogP contribution in [0.3, 0.4) is 0 Å². The highest BCUT2D eigenvalue weighted by molar-refractivity contribution is 7.99. The lowest BCUT2D eigenvalue weighted by Gasteiger charge is -2.13. The summed E-state index contributed by atoms with van der Waals surface area (Å²) in [5, 5.41) is 12.1. The topological polar surface area (TPSA) is 63.1 Å². The van der Waals surface area contributed by atoms with E-state index in [4.69, 9.17) is 0 Å². The molecule has 140 valence electrons. The molecule has 0 saturated carbocycles. The fourth-order valence-corrected chi connectivity index (χ4v) is 3.36. The Morgan fingerprint density at radius 2 is 1.89 bits per heavy atom. The van der Waals surface area contributed by atoms with Crippen LogP contribution in [0.25, 0.3) is 11.4 Å². The predicted molar refractivity (Wildman–Crippen MR) is 111 cm³/mol. The number of thioether (sulfide) groups is 1. The molecule has 3 aromatic rings. The fourth-order valence-electron chi connectivity index (χ4n) is 2.65. The van der Waals surface area contributed by atoms with Gasteiger partial charge >= 0.3 is 0 Å². The van der Waals surface area contributed by atoms with Crippen molar-refractivity contribution >= 4 is 29.0 Å². The minimum Gasteiger partial charge on any atom is -0.378 e. The molecule has 1 N–H and O–H groups in total. The van der Waals surface area contributed by atoms with Gasteiger partial charge in [0.05, 0.1) is 5.75 Å². The van der Waals surface area contributed by atoms with E-state index in [1.807, 2.05) is 80.0 Å². The number of aromatic nitrogens is 3. The van der Waals surface area contributed by atoms with Gasteiger partial charge in [0.15, 0.2) is 11.0 Å². The minimum atomic E-state index is -0.0716. The summed E-state index contributed by atoms with van der Waals surface area (Å²) in [6.07, 6.45) is 0. The Balaban J connectivity index is 1.61. The Labute approximate surface area is 163 Å². The third-order valence-corrected chi connectivity index (χ3v) is 5.13. The first kappa shape index (κ1) is 19.0. The number of carbonyl (C=O) groups excluding carboxylic acids is 1. The van der Waals surface area contributed by atoms with Gasteiger partial charge in [-0.05, 0) is 37.3 Å². The largest absolute Gasteiger partial charge is 0.378 e. The number of nitrogens with one attached hydrogen (secondary N) is 1. The maximum atomic E-state index is 12.2. The third-order valence-electron chi connectivity index (χ3n) is 4.11. The molecule has 1 aromatic heterocycles. The van der Waals surface area contributed by atoms with Crippen LogP contribution in [0.2, 0.25) is 0 Å². The van der Waals surface area contributed by atoms with Crippen molar-refractivity contribution in [1.29, 1.82) is 0 Å². The van der Waals surface area contributed by atoms with Gasteiger partial charge in [-0.1, -0.05) is 35.5 Å². The Bertz CT molecular complexity index is 934. The molecule has 1 heterocycles. The molecule has 1 amide bonds. The molecule has 0 saturated heterocycles. The van der Waals surface area contributed by atoms with Gasteiger partial charge in [0, 0.05) is 38.1 Å². The third kappa shape index (κ3) is 4.68. The number of benzene rings is 2. The van der Waals surface area contributed by atoms with Crippen molar-refractivity contribution in [3.05, 3.63) is 54.1 Å². The van der Waals surface area contributed by atoms with Crippen molar-refractivity contribution in [2.45, 2.75) is 12.1 Å². The van der Waals surface area contributed by atoms with Crippen LogP contribution in [0.4, 0.5) is 11.4 Å². The van der Waals surface area contributed by atoms with Crippen LogP contribution in [0, 0.1) is 6.92 Å². The van der Waals surface area contributed by atoms with Crippen molar-refractivity contribution in [2.75, 3.05) is 30.1 Å². The summed E-state index contributed by atoms with van der Waals surface area (Å²) in [4.78, 5) is 14.3. The molecular weight excluding hydrogens is 358 g/mol. The van der Waals surface area contributed by atoms with E-state index in [1.165, 1.54) is 17.3 Å². The van der Waals surface area contributed by atoms with Gasteiger partial charge in [-0.2, -0.15) is 0 Å². The van der Waals surface area contributed by atoms with Crippen molar-refractivity contribution in [2.24, 2.45) is 7.05 Å². The van der Waals surface area contributed by atoms with E-state index >= 15 is 0 Å². The average Bonchev–Trinajstić information content (AvgIpc) is 3.01. The van der Waals surface area contributed by atoms with Gasteiger partial charge in [-0.15, -0.1) is 10.2 Å². The smallest absolute Gasteiger partial charge is 0.234 e. The SMILES string of the molecule is Cc1cccc(-c2nnc(SCC(=O)Nc3ccc(N(C)C)cc3)n2C)c1. The van der Waals surface area contributed by atoms with E-state index in [0.717, 1.165) is 22.8 Å². The Morgan fingerprint density at radius 1 is 1.15 bits per heavy atom. The number of amides is 1. The molecule has 0 radical (unpaired) electrons. The first-order valence-electron chi connectivity index (χ1n) is 8.60. The summed E-state index contributed by atoms with van der Waals surface area (Å²) in [7, 11) is 5.88. The lowest BCUT2D eigenvalue weighted by Crippen LogP contribution is -2.15. The van der Waals surface area contributed by atoms with E-state index in [1.54, 1.807) is 0 Å². The van der Waals surface area contributed by atoms with Crippen molar-refractivity contribution in [1.82, 2.24) is 14.8 Å². The maximum Gasteiger partial charge on any atom is 0.234 e. The van der Waals surface area contributed by atoms with Crippen LogP contribution in [0.5, 0.6) is 0 Å². The summed E-state index contributed by atoms with van der Waals surface area (Å²) in [5.74, 6) is 0.994. The lowest BCUT2D eigenvalue weighted by atomic mass is 10.1. The lowest BCUT2D eigenvalue weighted by molar-refractivity contribution is -0.113. The van der Waals surface area contributed by atoms with Gasteiger partial charge in [-0.25, -0.2) is 0 Å². The zero-order valence-electron chi connectivity index (χ0n) is 15.9. The summed E-state index contributed by atoms with van der Waals surface area (Å²) < 4.78 is 1.92. The molecule has 27 heavy (non-hydrogen) atoms. The maximum absolute atomic E-state index is 12.2. The van der Waals surface area contributed by atoms with Gasteiger partial charge in [0.2, 0.25) is 5.91 Å². The number of hydrogen-bond acceptors (Lipinski definition) is 5. The quantitative estimate of drug-likeness (QED) is 0.661. The van der Waals surface area contributed by atoms with Crippen LogP contribution in [-0.4, -0.2) is 40.5 Å². The summed E-state index contributed by atoms with van der Waals surface area (Å²) >= 11 is 1.37. The molecule has 0 spiro atoms. The highest BCUT2D eigenvalue weighted by Crippen LogP contribution is 2.23. The second kappa shape index (κ2) is 8.26. The predicted octanol–water partition coefficient (Wildman–Crippen LogP) is 3.59. The number of hydrogen-bond donors (Lipinski definition) is 1. The zero-order valence-corrected chi connectivity index (χ0v) is 16.7. The molecule has 0 bridgehead atoms. The van der Waals surface area contributed by atoms with Crippen molar-refractivity contribution < 1.29 is 4.79 Å². The molecule has 2 aromatic carbocycles. The van der Waals surface area contributed by atoms with Gasteiger partial charge in [-0.3, -0.25) is 4.79 Å².